The normalized spacial score (nSPS) is 12.0. The van der Waals surface area contributed by atoms with Crippen LogP contribution >= 0.6 is 23.4 Å². The number of aliphatic hydroxyl groups excluding tert-OH is 1. The van der Waals surface area contributed by atoms with Gasteiger partial charge >= 0.3 is 0 Å². The van der Waals surface area contributed by atoms with E-state index in [9.17, 15) is 9.90 Å². The summed E-state index contributed by atoms with van der Waals surface area (Å²) in [6.45, 7) is 1.74. The van der Waals surface area contributed by atoms with Crippen molar-refractivity contribution >= 4 is 29.3 Å². The number of rotatable bonds is 6. The van der Waals surface area contributed by atoms with Crippen LogP contribution in [0.5, 0.6) is 0 Å². The van der Waals surface area contributed by atoms with Gasteiger partial charge in [0.15, 0.2) is 0 Å². The molecule has 0 bridgehead atoms. The lowest BCUT2D eigenvalue weighted by Crippen LogP contribution is -2.29. The van der Waals surface area contributed by atoms with E-state index >= 15 is 0 Å². The minimum absolute atomic E-state index is 0.0734. The average Bonchev–Trinajstić information content (AvgIpc) is 3.07. The number of nitrogens with zero attached hydrogens (tertiary/aromatic N) is 1. The number of halogens is 1. The van der Waals surface area contributed by atoms with Crippen molar-refractivity contribution in [2.45, 2.75) is 17.9 Å². The van der Waals surface area contributed by atoms with E-state index in [1.54, 1.807) is 36.9 Å². The van der Waals surface area contributed by atoms with Crippen molar-refractivity contribution in [3.63, 3.8) is 0 Å². The van der Waals surface area contributed by atoms with Crippen molar-refractivity contribution in [1.82, 2.24) is 10.5 Å². The molecule has 0 aliphatic carbocycles. The third-order valence-corrected chi connectivity index (χ3v) is 5.25. The van der Waals surface area contributed by atoms with Crippen LogP contribution in [-0.4, -0.2) is 29.0 Å². The maximum Gasteiger partial charge on any atom is 0.257 e. The number of aromatic nitrogens is 1. The molecule has 1 aromatic heterocycles. The Labute approximate surface area is 166 Å². The van der Waals surface area contributed by atoms with E-state index in [2.05, 4.69) is 10.5 Å². The molecule has 1 atom stereocenters. The fourth-order valence-corrected chi connectivity index (χ4v) is 3.33. The summed E-state index contributed by atoms with van der Waals surface area (Å²) in [5.41, 5.74) is 2.05. The highest BCUT2D eigenvalue weighted by Crippen LogP contribution is 2.31. The van der Waals surface area contributed by atoms with Crippen LogP contribution in [-0.2, 0) is 0 Å². The number of carbonyl (C=O) groups excluding carboxylic acids is 1. The Kier molecular flexibility index (Phi) is 6.21. The van der Waals surface area contributed by atoms with E-state index < -0.39 is 6.10 Å². The summed E-state index contributed by atoms with van der Waals surface area (Å²) in [5.74, 6) is 0.0182. The quantitative estimate of drug-likeness (QED) is 0.594. The molecule has 5 nitrogen and oxygen atoms in total. The fraction of sp³-hybridized carbons (Fsp3) is 0.200. The topological polar surface area (TPSA) is 75.4 Å². The van der Waals surface area contributed by atoms with Crippen LogP contribution in [0.1, 0.15) is 27.8 Å². The summed E-state index contributed by atoms with van der Waals surface area (Å²) in [6.07, 6.45) is 1.18. The van der Waals surface area contributed by atoms with Gasteiger partial charge in [-0.3, -0.25) is 4.79 Å². The molecule has 0 saturated heterocycles. The Hall–Kier alpha value is -2.28. The minimum Gasteiger partial charge on any atom is -0.387 e. The summed E-state index contributed by atoms with van der Waals surface area (Å²) in [5, 5.41) is 17.6. The number of benzene rings is 2. The number of carbonyl (C=O) groups is 1. The van der Waals surface area contributed by atoms with Crippen LogP contribution in [0.3, 0.4) is 0 Å². The molecule has 140 valence electrons. The zero-order valence-electron chi connectivity index (χ0n) is 14.9. The monoisotopic (exact) mass is 402 g/mol. The second kappa shape index (κ2) is 8.61. The number of hydrogen-bond donors (Lipinski definition) is 2. The average molecular weight is 403 g/mol. The zero-order chi connectivity index (χ0) is 19.4. The number of hydrogen-bond acceptors (Lipinski definition) is 5. The second-order valence-corrected chi connectivity index (χ2v) is 7.23. The highest BCUT2D eigenvalue weighted by atomic mass is 35.5. The maximum atomic E-state index is 12.7. The van der Waals surface area contributed by atoms with Gasteiger partial charge in [-0.15, -0.1) is 11.8 Å². The molecule has 3 aromatic rings. The summed E-state index contributed by atoms with van der Waals surface area (Å²) in [6, 6.07) is 14.7. The Morgan fingerprint density at radius 2 is 1.96 bits per heavy atom. The smallest absolute Gasteiger partial charge is 0.257 e. The molecule has 1 heterocycles. The van der Waals surface area contributed by atoms with E-state index in [0.29, 0.717) is 27.6 Å². The van der Waals surface area contributed by atoms with Gasteiger partial charge in [0.25, 0.3) is 5.91 Å². The number of amides is 1. The second-order valence-electron chi connectivity index (χ2n) is 5.94. The first kappa shape index (κ1) is 19.5. The van der Waals surface area contributed by atoms with E-state index in [1.165, 1.54) is 0 Å². The lowest BCUT2D eigenvalue weighted by Gasteiger charge is -2.13. The molecule has 2 N–H and O–H groups in total. The molecule has 0 radical (unpaired) electrons. The predicted octanol–water partition coefficient (Wildman–Crippen LogP) is 4.49. The van der Waals surface area contributed by atoms with Crippen LogP contribution in [0.15, 0.2) is 57.9 Å². The van der Waals surface area contributed by atoms with E-state index in [1.807, 2.05) is 36.6 Å². The lowest BCUT2D eigenvalue weighted by molar-refractivity contribution is 0.0915. The van der Waals surface area contributed by atoms with Gasteiger partial charge in [0, 0.05) is 17.0 Å². The molecular weight excluding hydrogens is 384 g/mol. The first-order chi connectivity index (χ1) is 13.0. The van der Waals surface area contributed by atoms with Gasteiger partial charge in [-0.05, 0) is 36.9 Å². The highest BCUT2D eigenvalue weighted by Gasteiger charge is 2.23. The molecule has 0 unspecified atom stereocenters. The van der Waals surface area contributed by atoms with Crippen LogP contribution < -0.4 is 5.32 Å². The molecule has 0 aliphatic rings. The largest absolute Gasteiger partial charge is 0.387 e. The molecule has 0 fully saturated rings. The summed E-state index contributed by atoms with van der Waals surface area (Å²) in [4.78, 5) is 13.8. The van der Waals surface area contributed by atoms with Crippen LogP contribution in [0.25, 0.3) is 11.3 Å². The maximum absolute atomic E-state index is 12.7. The van der Waals surface area contributed by atoms with Gasteiger partial charge in [0.2, 0.25) is 0 Å². The van der Waals surface area contributed by atoms with E-state index in [-0.39, 0.29) is 12.5 Å². The zero-order valence-corrected chi connectivity index (χ0v) is 16.5. The number of thioether (sulfide) groups is 1. The molecule has 0 aliphatic heterocycles. The van der Waals surface area contributed by atoms with Crippen LogP contribution in [0.2, 0.25) is 5.02 Å². The first-order valence-corrected chi connectivity index (χ1v) is 9.93. The van der Waals surface area contributed by atoms with Gasteiger partial charge < -0.3 is 14.9 Å². The third kappa shape index (κ3) is 4.35. The van der Waals surface area contributed by atoms with Crippen molar-refractivity contribution in [3.8, 4) is 11.3 Å². The standard InChI is InChI=1S/C20H19ClN2O3S/c1-12-18(19(23-26-12)15-5-3-4-6-16(15)21)20(25)22-11-17(24)13-7-9-14(27-2)10-8-13/h3-10,17,24H,11H2,1-2H3,(H,22,25)/t17-/m1/s1. The van der Waals surface area contributed by atoms with Crippen molar-refractivity contribution in [2.24, 2.45) is 0 Å². The Morgan fingerprint density at radius 1 is 1.26 bits per heavy atom. The fourth-order valence-electron chi connectivity index (χ4n) is 2.70. The molecular formula is C20H19ClN2O3S. The lowest BCUT2D eigenvalue weighted by atomic mass is 10.1. The summed E-state index contributed by atoms with van der Waals surface area (Å²) in [7, 11) is 0. The SMILES string of the molecule is CSc1ccc([C@H](O)CNC(=O)c2c(-c3ccccc3Cl)noc2C)cc1. The Balaban J connectivity index is 1.75. The Morgan fingerprint density at radius 3 is 2.63 bits per heavy atom. The molecule has 2 aromatic carbocycles. The number of aliphatic hydroxyl groups is 1. The van der Waals surface area contributed by atoms with Crippen molar-refractivity contribution in [3.05, 3.63) is 70.4 Å². The van der Waals surface area contributed by atoms with Gasteiger partial charge in [-0.2, -0.15) is 0 Å². The van der Waals surface area contributed by atoms with Gasteiger partial charge in [0.1, 0.15) is 17.0 Å². The number of nitrogens with one attached hydrogen (secondary N) is 1. The minimum atomic E-state index is -0.811. The summed E-state index contributed by atoms with van der Waals surface area (Å²) < 4.78 is 5.21. The van der Waals surface area contributed by atoms with Crippen LogP contribution in [0.4, 0.5) is 0 Å². The highest BCUT2D eigenvalue weighted by molar-refractivity contribution is 7.98. The Bertz CT molecular complexity index is 941. The molecule has 0 spiro atoms. The van der Waals surface area contributed by atoms with Crippen molar-refractivity contribution in [2.75, 3.05) is 12.8 Å². The molecule has 27 heavy (non-hydrogen) atoms. The molecule has 1 amide bonds. The van der Waals surface area contributed by atoms with Gasteiger partial charge in [-0.25, -0.2) is 0 Å². The van der Waals surface area contributed by atoms with Crippen LogP contribution in [0, 0.1) is 6.92 Å². The van der Waals surface area contributed by atoms with Gasteiger partial charge in [-0.1, -0.05) is 47.1 Å². The van der Waals surface area contributed by atoms with Gasteiger partial charge in [0.05, 0.1) is 11.1 Å². The third-order valence-electron chi connectivity index (χ3n) is 4.18. The molecule has 7 heteroatoms. The number of aryl methyl sites for hydroxylation is 1. The van der Waals surface area contributed by atoms with Crippen molar-refractivity contribution < 1.29 is 14.4 Å². The molecule has 3 rings (SSSR count). The van der Waals surface area contributed by atoms with E-state index in [0.717, 1.165) is 10.5 Å². The predicted molar refractivity (Wildman–Crippen MR) is 107 cm³/mol. The van der Waals surface area contributed by atoms with Crippen molar-refractivity contribution in [1.29, 1.82) is 0 Å². The van der Waals surface area contributed by atoms with E-state index in [4.69, 9.17) is 16.1 Å². The first-order valence-electron chi connectivity index (χ1n) is 8.32. The summed E-state index contributed by atoms with van der Waals surface area (Å²) >= 11 is 7.85. The molecule has 0 saturated carbocycles.